The molecule has 0 saturated heterocycles. The van der Waals surface area contributed by atoms with Crippen LogP contribution in [0.4, 0.5) is 5.69 Å². The lowest BCUT2D eigenvalue weighted by Gasteiger charge is -2.08. The van der Waals surface area contributed by atoms with Crippen molar-refractivity contribution in [2.75, 3.05) is 12.3 Å². The quantitative estimate of drug-likeness (QED) is 0.494. The number of nitrogen functional groups attached to an aromatic ring is 1. The third kappa shape index (κ3) is 7.16. The van der Waals surface area contributed by atoms with Crippen LogP contribution in [0.15, 0.2) is 18.2 Å². The minimum atomic E-state index is 0.00967. The predicted octanol–water partition coefficient (Wildman–Crippen LogP) is 4.45. The minimum Gasteiger partial charge on any atom is -0.399 e. The molecule has 1 rings (SSSR count). The Kier molecular flexibility index (Phi) is 8.56. The monoisotopic (exact) mass is 290 g/mol. The number of carbonyl (C=O) groups excluding carboxylic acids is 1. The highest BCUT2D eigenvalue weighted by Crippen LogP contribution is 2.12. The van der Waals surface area contributed by atoms with Crippen molar-refractivity contribution < 1.29 is 4.79 Å². The van der Waals surface area contributed by atoms with Crippen molar-refractivity contribution in [2.45, 2.75) is 65.2 Å². The summed E-state index contributed by atoms with van der Waals surface area (Å²) < 4.78 is 0. The van der Waals surface area contributed by atoms with E-state index in [1.165, 1.54) is 44.9 Å². The summed E-state index contributed by atoms with van der Waals surface area (Å²) in [5.41, 5.74) is 8.05. The summed E-state index contributed by atoms with van der Waals surface area (Å²) in [6.07, 6.45) is 10.2. The zero-order valence-electron chi connectivity index (χ0n) is 13.6. The standard InChI is InChI=1S/C18H30N2O/c1-3-4-5-6-7-8-9-10-13-20-18(21)17-12-11-16(19)14-15(17)2/h11-12,14H,3-10,13,19H2,1-2H3,(H,20,21). The van der Waals surface area contributed by atoms with Gasteiger partial charge in [0.15, 0.2) is 0 Å². The summed E-state index contributed by atoms with van der Waals surface area (Å²) in [6, 6.07) is 5.41. The molecule has 0 spiro atoms. The number of amides is 1. The Labute approximate surface area is 129 Å². The van der Waals surface area contributed by atoms with Crippen LogP contribution in [0, 0.1) is 6.92 Å². The number of carbonyl (C=O) groups is 1. The van der Waals surface area contributed by atoms with E-state index in [0.717, 1.165) is 24.1 Å². The minimum absolute atomic E-state index is 0.00967. The second-order valence-electron chi connectivity index (χ2n) is 5.81. The maximum atomic E-state index is 12.0. The zero-order chi connectivity index (χ0) is 15.5. The molecule has 0 aliphatic rings. The second kappa shape index (κ2) is 10.3. The molecule has 0 aliphatic heterocycles. The van der Waals surface area contributed by atoms with Gasteiger partial charge in [0.25, 0.3) is 5.91 Å². The highest BCUT2D eigenvalue weighted by molar-refractivity contribution is 5.95. The summed E-state index contributed by atoms with van der Waals surface area (Å²) in [5.74, 6) is 0.00967. The zero-order valence-corrected chi connectivity index (χ0v) is 13.6. The highest BCUT2D eigenvalue weighted by atomic mass is 16.1. The van der Waals surface area contributed by atoms with Crippen LogP contribution in [0.2, 0.25) is 0 Å². The van der Waals surface area contributed by atoms with Crippen molar-refractivity contribution in [2.24, 2.45) is 0 Å². The molecule has 0 saturated carbocycles. The first-order valence-electron chi connectivity index (χ1n) is 8.29. The molecule has 1 aromatic rings. The van der Waals surface area contributed by atoms with Gasteiger partial charge in [0.05, 0.1) is 0 Å². The summed E-state index contributed by atoms with van der Waals surface area (Å²) in [6.45, 7) is 4.92. The lowest BCUT2D eigenvalue weighted by Crippen LogP contribution is -2.25. The molecule has 0 unspecified atom stereocenters. The van der Waals surface area contributed by atoms with Crippen molar-refractivity contribution in [3.8, 4) is 0 Å². The number of anilines is 1. The SMILES string of the molecule is CCCCCCCCCCNC(=O)c1ccc(N)cc1C. The number of nitrogens with one attached hydrogen (secondary N) is 1. The summed E-state index contributed by atoms with van der Waals surface area (Å²) >= 11 is 0. The fraction of sp³-hybridized carbons (Fsp3) is 0.611. The van der Waals surface area contributed by atoms with Crippen molar-refractivity contribution >= 4 is 11.6 Å². The van der Waals surface area contributed by atoms with Gasteiger partial charge < -0.3 is 11.1 Å². The van der Waals surface area contributed by atoms with Crippen LogP contribution >= 0.6 is 0 Å². The van der Waals surface area contributed by atoms with Crippen LogP contribution in [-0.2, 0) is 0 Å². The number of aryl methyl sites for hydroxylation is 1. The second-order valence-corrected chi connectivity index (χ2v) is 5.81. The molecule has 3 N–H and O–H groups in total. The lowest BCUT2D eigenvalue weighted by atomic mass is 10.1. The van der Waals surface area contributed by atoms with E-state index < -0.39 is 0 Å². The van der Waals surface area contributed by atoms with Gasteiger partial charge in [-0.25, -0.2) is 0 Å². The van der Waals surface area contributed by atoms with Gasteiger partial charge in [0, 0.05) is 17.8 Å². The topological polar surface area (TPSA) is 55.1 Å². The van der Waals surface area contributed by atoms with Crippen molar-refractivity contribution in [1.29, 1.82) is 0 Å². The van der Waals surface area contributed by atoms with Crippen molar-refractivity contribution in [3.05, 3.63) is 29.3 Å². The molecule has 0 fully saturated rings. The Hall–Kier alpha value is -1.51. The molecule has 0 atom stereocenters. The average molecular weight is 290 g/mol. The maximum Gasteiger partial charge on any atom is 0.251 e. The smallest absolute Gasteiger partial charge is 0.251 e. The summed E-state index contributed by atoms with van der Waals surface area (Å²) in [4.78, 5) is 12.0. The third-order valence-electron chi connectivity index (χ3n) is 3.81. The Bertz CT molecular complexity index is 429. The molecular weight excluding hydrogens is 260 g/mol. The first-order valence-corrected chi connectivity index (χ1v) is 8.29. The van der Waals surface area contributed by atoms with E-state index in [0.29, 0.717) is 5.69 Å². The first-order chi connectivity index (χ1) is 10.1. The van der Waals surface area contributed by atoms with E-state index >= 15 is 0 Å². The van der Waals surface area contributed by atoms with Crippen molar-refractivity contribution in [1.82, 2.24) is 5.32 Å². The van der Waals surface area contributed by atoms with Crippen LogP contribution in [0.25, 0.3) is 0 Å². The Morgan fingerprint density at radius 1 is 1.05 bits per heavy atom. The Morgan fingerprint density at radius 3 is 2.29 bits per heavy atom. The number of rotatable bonds is 10. The van der Waals surface area contributed by atoms with Gasteiger partial charge in [-0.2, -0.15) is 0 Å². The Morgan fingerprint density at radius 2 is 1.67 bits per heavy atom. The van der Waals surface area contributed by atoms with Crippen LogP contribution < -0.4 is 11.1 Å². The van der Waals surface area contributed by atoms with Gasteiger partial charge in [0.2, 0.25) is 0 Å². The third-order valence-corrected chi connectivity index (χ3v) is 3.81. The predicted molar refractivity (Wildman–Crippen MR) is 90.5 cm³/mol. The summed E-state index contributed by atoms with van der Waals surface area (Å²) in [5, 5.41) is 2.99. The molecule has 0 bridgehead atoms. The van der Waals surface area contributed by atoms with Crippen LogP contribution in [0.5, 0.6) is 0 Å². The van der Waals surface area contributed by atoms with E-state index in [9.17, 15) is 4.79 Å². The maximum absolute atomic E-state index is 12.0. The van der Waals surface area contributed by atoms with E-state index in [1.807, 2.05) is 13.0 Å². The fourth-order valence-corrected chi connectivity index (χ4v) is 2.50. The van der Waals surface area contributed by atoms with E-state index in [-0.39, 0.29) is 5.91 Å². The average Bonchev–Trinajstić information content (AvgIpc) is 2.45. The molecule has 1 amide bonds. The first kappa shape index (κ1) is 17.5. The molecule has 118 valence electrons. The van der Waals surface area contributed by atoms with Gasteiger partial charge in [-0.1, -0.05) is 51.9 Å². The molecule has 21 heavy (non-hydrogen) atoms. The van der Waals surface area contributed by atoms with Gasteiger partial charge >= 0.3 is 0 Å². The van der Waals surface area contributed by atoms with Crippen LogP contribution in [0.3, 0.4) is 0 Å². The molecular formula is C18H30N2O. The molecule has 3 nitrogen and oxygen atoms in total. The number of nitrogens with two attached hydrogens (primary N) is 1. The molecule has 0 radical (unpaired) electrons. The largest absolute Gasteiger partial charge is 0.399 e. The normalized spacial score (nSPS) is 10.6. The number of unbranched alkanes of at least 4 members (excludes halogenated alkanes) is 7. The van der Waals surface area contributed by atoms with E-state index in [2.05, 4.69) is 12.2 Å². The molecule has 0 heterocycles. The van der Waals surface area contributed by atoms with E-state index in [1.54, 1.807) is 12.1 Å². The lowest BCUT2D eigenvalue weighted by molar-refractivity contribution is 0.0952. The number of hydrogen-bond acceptors (Lipinski definition) is 2. The van der Waals surface area contributed by atoms with Crippen LogP contribution in [0.1, 0.15) is 74.2 Å². The van der Waals surface area contributed by atoms with Gasteiger partial charge in [-0.3, -0.25) is 4.79 Å². The van der Waals surface area contributed by atoms with Gasteiger partial charge in [0.1, 0.15) is 0 Å². The van der Waals surface area contributed by atoms with Gasteiger partial charge in [-0.05, 0) is 37.1 Å². The fourth-order valence-electron chi connectivity index (χ4n) is 2.50. The molecule has 0 aliphatic carbocycles. The van der Waals surface area contributed by atoms with Crippen LogP contribution in [-0.4, -0.2) is 12.5 Å². The highest BCUT2D eigenvalue weighted by Gasteiger charge is 2.07. The molecule has 0 aromatic heterocycles. The van der Waals surface area contributed by atoms with Crippen molar-refractivity contribution in [3.63, 3.8) is 0 Å². The van der Waals surface area contributed by atoms with Gasteiger partial charge in [-0.15, -0.1) is 0 Å². The number of benzene rings is 1. The summed E-state index contributed by atoms with van der Waals surface area (Å²) in [7, 11) is 0. The number of hydrogen-bond donors (Lipinski definition) is 2. The Balaban J connectivity index is 2.11. The molecule has 1 aromatic carbocycles. The molecule has 3 heteroatoms. The van der Waals surface area contributed by atoms with E-state index in [4.69, 9.17) is 5.73 Å².